The zero-order chi connectivity index (χ0) is 19.2. The van der Waals surface area contributed by atoms with Crippen molar-refractivity contribution in [3.63, 3.8) is 0 Å². The van der Waals surface area contributed by atoms with Gasteiger partial charge in [-0.05, 0) is 49.0 Å². The Hall–Kier alpha value is -1.90. The number of thiocarbonyl (C=S) groups is 1. The average Bonchev–Trinajstić information content (AvgIpc) is 3.14. The minimum absolute atomic E-state index is 0.0585. The van der Waals surface area contributed by atoms with Gasteiger partial charge >= 0.3 is 0 Å². The number of nitrogens with zero attached hydrogens (tertiary/aromatic N) is 1. The normalized spacial score (nSPS) is 12.8. The second-order valence-electron chi connectivity index (χ2n) is 5.79. The van der Waals surface area contributed by atoms with Gasteiger partial charge in [-0.15, -0.1) is 0 Å². The first-order valence-corrected chi connectivity index (χ1v) is 10.4. The van der Waals surface area contributed by atoms with Crippen molar-refractivity contribution in [1.82, 2.24) is 14.9 Å². The van der Waals surface area contributed by atoms with Gasteiger partial charge in [0, 0.05) is 13.1 Å². The Morgan fingerprint density at radius 3 is 2.38 bits per heavy atom. The molecule has 1 aromatic carbocycles. The molecule has 0 spiro atoms. The van der Waals surface area contributed by atoms with Gasteiger partial charge in [0.25, 0.3) is 0 Å². The van der Waals surface area contributed by atoms with Crippen molar-refractivity contribution in [3.05, 3.63) is 54.0 Å². The van der Waals surface area contributed by atoms with Gasteiger partial charge in [-0.25, -0.2) is 8.42 Å². The monoisotopic (exact) mass is 395 g/mol. The lowest BCUT2D eigenvalue weighted by Crippen LogP contribution is -2.36. The van der Waals surface area contributed by atoms with Crippen molar-refractivity contribution >= 4 is 27.4 Å². The Bertz CT molecular complexity index is 799. The summed E-state index contributed by atoms with van der Waals surface area (Å²) in [7, 11) is -3.44. The Balaban J connectivity index is 1.97. The van der Waals surface area contributed by atoms with E-state index in [0.29, 0.717) is 29.6 Å². The van der Waals surface area contributed by atoms with Crippen LogP contribution >= 0.6 is 12.2 Å². The van der Waals surface area contributed by atoms with Crippen molar-refractivity contribution in [1.29, 1.82) is 0 Å². The molecule has 0 aliphatic carbocycles. The number of hydrogen-bond donors (Lipinski definition) is 2. The Labute approximate surface area is 160 Å². The first kappa shape index (κ1) is 20.4. The van der Waals surface area contributed by atoms with Gasteiger partial charge in [-0.2, -0.15) is 4.31 Å². The summed E-state index contributed by atoms with van der Waals surface area (Å²) in [6, 6.07) is 10.5. The van der Waals surface area contributed by atoms with E-state index in [2.05, 4.69) is 10.6 Å². The van der Waals surface area contributed by atoms with E-state index in [1.807, 2.05) is 45.0 Å². The molecule has 0 aliphatic rings. The molecule has 1 aromatic heterocycles. The maximum Gasteiger partial charge on any atom is 0.243 e. The molecule has 1 heterocycles. The summed E-state index contributed by atoms with van der Waals surface area (Å²) in [5, 5.41) is 6.76. The van der Waals surface area contributed by atoms with E-state index >= 15 is 0 Å². The van der Waals surface area contributed by atoms with Crippen LogP contribution in [0.1, 0.15) is 38.1 Å². The van der Waals surface area contributed by atoms with Crippen LogP contribution in [0.5, 0.6) is 0 Å². The van der Waals surface area contributed by atoms with Crippen LogP contribution in [-0.2, 0) is 16.6 Å². The highest BCUT2D eigenvalue weighted by Gasteiger charge is 2.21. The molecule has 0 amide bonds. The molecule has 2 aromatic rings. The number of hydrogen-bond acceptors (Lipinski definition) is 4. The van der Waals surface area contributed by atoms with Crippen LogP contribution in [0.3, 0.4) is 0 Å². The lowest BCUT2D eigenvalue weighted by Gasteiger charge is -2.20. The molecule has 2 rings (SSSR count). The average molecular weight is 396 g/mol. The van der Waals surface area contributed by atoms with Gasteiger partial charge in [-0.1, -0.05) is 26.0 Å². The summed E-state index contributed by atoms with van der Waals surface area (Å²) >= 11 is 5.29. The third-order valence-corrected chi connectivity index (χ3v) is 6.40. The van der Waals surface area contributed by atoms with Crippen molar-refractivity contribution in [3.8, 4) is 0 Å². The van der Waals surface area contributed by atoms with E-state index in [9.17, 15) is 8.42 Å². The van der Waals surface area contributed by atoms with E-state index in [-0.39, 0.29) is 6.04 Å². The van der Waals surface area contributed by atoms with E-state index in [1.54, 1.807) is 18.4 Å². The van der Waals surface area contributed by atoms with Crippen molar-refractivity contribution in [2.45, 2.75) is 38.3 Å². The van der Waals surface area contributed by atoms with Crippen LogP contribution < -0.4 is 10.6 Å². The Morgan fingerprint density at radius 2 is 1.85 bits per heavy atom. The molecule has 0 aliphatic heterocycles. The summed E-state index contributed by atoms with van der Waals surface area (Å²) < 4.78 is 31.7. The summed E-state index contributed by atoms with van der Waals surface area (Å²) in [5.74, 6) is 0.799. The highest BCUT2D eigenvalue weighted by molar-refractivity contribution is 7.89. The van der Waals surface area contributed by atoms with Gasteiger partial charge in [0.15, 0.2) is 5.11 Å². The molecule has 0 radical (unpaired) electrons. The number of sulfonamides is 1. The molecular formula is C18H25N3O3S2. The molecule has 26 heavy (non-hydrogen) atoms. The van der Waals surface area contributed by atoms with Gasteiger partial charge in [0.05, 0.1) is 23.7 Å². The molecule has 0 saturated heterocycles. The van der Waals surface area contributed by atoms with Crippen LogP contribution in [0.4, 0.5) is 0 Å². The van der Waals surface area contributed by atoms with Gasteiger partial charge < -0.3 is 15.1 Å². The van der Waals surface area contributed by atoms with Crippen LogP contribution in [0.25, 0.3) is 0 Å². The second-order valence-corrected chi connectivity index (χ2v) is 8.13. The molecule has 0 bridgehead atoms. The largest absolute Gasteiger partial charge is 0.467 e. The first-order valence-electron chi connectivity index (χ1n) is 8.55. The van der Waals surface area contributed by atoms with E-state index in [1.165, 1.54) is 4.31 Å². The lowest BCUT2D eigenvalue weighted by molar-refractivity contribution is 0.445. The summed E-state index contributed by atoms with van der Waals surface area (Å²) in [6.07, 6.45) is 1.62. The maximum absolute atomic E-state index is 12.5. The van der Waals surface area contributed by atoms with E-state index in [4.69, 9.17) is 16.6 Å². The van der Waals surface area contributed by atoms with Crippen LogP contribution in [-0.4, -0.2) is 30.9 Å². The third-order valence-electron chi connectivity index (χ3n) is 4.07. The number of benzene rings is 1. The molecule has 1 atom stereocenters. The molecule has 8 heteroatoms. The van der Waals surface area contributed by atoms with Crippen molar-refractivity contribution in [2.75, 3.05) is 13.1 Å². The minimum atomic E-state index is -3.44. The van der Waals surface area contributed by atoms with Gasteiger partial charge in [0.2, 0.25) is 10.0 Å². The Morgan fingerprint density at radius 1 is 1.19 bits per heavy atom. The molecule has 142 valence electrons. The summed E-state index contributed by atoms with van der Waals surface area (Å²) in [5.41, 5.74) is 0.950. The van der Waals surface area contributed by atoms with Crippen molar-refractivity contribution in [2.24, 2.45) is 0 Å². The van der Waals surface area contributed by atoms with Gasteiger partial charge in [0.1, 0.15) is 5.76 Å². The minimum Gasteiger partial charge on any atom is -0.467 e. The molecule has 6 nitrogen and oxygen atoms in total. The van der Waals surface area contributed by atoms with E-state index < -0.39 is 10.0 Å². The molecular weight excluding hydrogens is 370 g/mol. The van der Waals surface area contributed by atoms with Crippen molar-refractivity contribution < 1.29 is 12.8 Å². The fourth-order valence-corrected chi connectivity index (χ4v) is 4.26. The summed E-state index contributed by atoms with van der Waals surface area (Å²) in [4.78, 5) is 0.302. The first-order chi connectivity index (χ1) is 12.4. The maximum atomic E-state index is 12.5. The third kappa shape index (κ3) is 5.06. The van der Waals surface area contributed by atoms with Crippen LogP contribution in [0, 0.1) is 0 Å². The highest BCUT2D eigenvalue weighted by atomic mass is 32.2. The van der Waals surface area contributed by atoms with Crippen LogP contribution in [0.2, 0.25) is 0 Å². The fourth-order valence-electron chi connectivity index (χ4n) is 2.55. The second kappa shape index (κ2) is 9.16. The van der Waals surface area contributed by atoms with Crippen LogP contribution in [0.15, 0.2) is 52.0 Å². The lowest BCUT2D eigenvalue weighted by atomic mass is 10.1. The number of nitrogens with one attached hydrogen (secondary N) is 2. The molecule has 0 unspecified atom stereocenters. The predicted molar refractivity (Wildman–Crippen MR) is 106 cm³/mol. The smallest absolute Gasteiger partial charge is 0.243 e. The molecule has 0 saturated carbocycles. The quantitative estimate of drug-likeness (QED) is 0.669. The van der Waals surface area contributed by atoms with Gasteiger partial charge in [-0.3, -0.25) is 0 Å². The highest BCUT2D eigenvalue weighted by Crippen LogP contribution is 2.19. The Kier molecular flexibility index (Phi) is 7.19. The molecule has 0 fully saturated rings. The zero-order valence-corrected chi connectivity index (χ0v) is 16.9. The summed E-state index contributed by atoms with van der Waals surface area (Å²) in [6.45, 7) is 7.04. The number of rotatable bonds is 8. The fraction of sp³-hybridized carbons (Fsp3) is 0.389. The molecule has 2 N–H and O–H groups in total. The predicted octanol–water partition coefficient (Wildman–Crippen LogP) is 3.04. The SMILES string of the molecule is CCN(CC)S(=O)(=O)c1ccc([C@H](C)NC(=S)NCc2ccco2)cc1. The van der Waals surface area contributed by atoms with E-state index in [0.717, 1.165) is 11.3 Å². The number of furan rings is 1. The zero-order valence-electron chi connectivity index (χ0n) is 15.2. The topological polar surface area (TPSA) is 74.6 Å². The standard InChI is InChI=1S/C18H25N3O3S2/c1-4-21(5-2)26(22,23)17-10-8-15(9-11-17)14(3)20-18(25)19-13-16-7-6-12-24-16/h6-12,14H,4-5,13H2,1-3H3,(H2,19,20,25)/t14-/m0/s1.